The molecule has 0 amide bonds. The van der Waals surface area contributed by atoms with Gasteiger partial charge >= 0.3 is 0 Å². The van der Waals surface area contributed by atoms with E-state index in [0.717, 1.165) is 22.9 Å². The van der Waals surface area contributed by atoms with Crippen LogP contribution < -0.4 is 15.7 Å². The molecular weight excluding hydrogens is 591 g/mol. The van der Waals surface area contributed by atoms with Crippen LogP contribution in [0.4, 0.5) is 0 Å². The number of benzene rings is 7. The van der Waals surface area contributed by atoms with Crippen LogP contribution in [0.3, 0.4) is 0 Å². The molecule has 0 aliphatic carbocycles. The van der Waals surface area contributed by atoms with Gasteiger partial charge in [-0.15, -0.1) is 0 Å². The van der Waals surface area contributed by atoms with Crippen molar-refractivity contribution in [3.8, 4) is 34.0 Å². The van der Waals surface area contributed by atoms with Crippen molar-refractivity contribution in [2.75, 3.05) is 0 Å². The number of rotatable bonds is 2. The molecule has 2 aliphatic heterocycles. The monoisotopic (exact) mass is 616 g/mol. The fourth-order valence-electron chi connectivity index (χ4n) is 8.00. The number of hydrogen-bond donors (Lipinski definition) is 0. The molecule has 11 rings (SSSR count). The van der Waals surface area contributed by atoms with Gasteiger partial charge in [0.25, 0.3) is 5.99 Å². The summed E-state index contributed by atoms with van der Waals surface area (Å²) in [4.78, 5) is 1.30. The quantitative estimate of drug-likeness (QED) is 0.180. The van der Waals surface area contributed by atoms with Crippen LogP contribution >= 0.6 is 11.6 Å². The molecule has 3 nitrogen and oxygen atoms in total. The van der Waals surface area contributed by atoms with Crippen LogP contribution in [0.25, 0.3) is 66.1 Å². The Labute approximate surface area is 275 Å². The molecule has 47 heavy (non-hydrogen) atoms. The molecule has 0 saturated carbocycles. The predicted molar refractivity (Wildman–Crippen MR) is 198 cm³/mol. The maximum absolute atomic E-state index is 7.02. The molecular formula is C42H25BN2OS. The van der Waals surface area contributed by atoms with Gasteiger partial charge in [-0.3, -0.25) is 0 Å². The summed E-state index contributed by atoms with van der Waals surface area (Å²) in [7, 11) is 0. The summed E-state index contributed by atoms with van der Waals surface area (Å²) in [5.74, 6) is 1.98. The molecule has 0 bridgehead atoms. The van der Waals surface area contributed by atoms with E-state index in [1.807, 2.05) is 11.6 Å². The lowest BCUT2D eigenvalue weighted by molar-refractivity contribution is 0.487. The Morgan fingerprint density at radius 2 is 0.957 bits per heavy atom. The summed E-state index contributed by atoms with van der Waals surface area (Å²) in [6, 6.07) is 55.0. The molecule has 0 radical (unpaired) electrons. The highest BCUT2D eigenvalue weighted by Crippen LogP contribution is 2.45. The Morgan fingerprint density at radius 1 is 0.447 bits per heavy atom. The summed E-state index contributed by atoms with van der Waals surface area (Å²) in [6.45, 7) is 0. The van der Waals surface area contributed by atoms with Crippen LogP contribution in [0, 0.1) is 0 Å². The lowest BCUT2D eigenvalue weighted by atomic mass is 9.57. The highest BCUT2D eigenvalue weighted by molar-refractivity contribution is 8.28. The zero-order chi connectivity index (χ0) is 30.6. The van der Waals surface area contributed by atoms with Gasteiger partial charge in [0.1, 0.15) is 11.5 Å². The van der Waals surface area contributed by atoms with Gasteiger partial charge < -0.3 is 13.9 Å². The zero-order valence-electron chi connectivity index (χ0n) is 25.2. The lowest BCUT2D eigenvalue weighted by Gasteiger charge is -2.33. The van der Waals surface area contributed by atoms with E-state index >= 15 is 0 Å². The molecule has 2 aromatic heterocycles. The zero-order valence-corrected chi connectivity index (χ0v) is 26.0. The van der Waals surface area contributed by atoms with E-state index in [1.54, 1.807) is 0 Å². The van der Waals surface area contributed by atoms with Gasteiger partial charge in [-0.05, 0) is 64.5 Å². The topological polar surface area (TPSA) is 19.1 Å². The average Bonchev–Trinajstić information content (AvgIpc) is 3.64. The molecule has 0 atom stereocenters. The summed E-state index contributed by atoms with van der Waals surface area (Å²) in [6.07, 6.45) is 0. The van der Waals surface area contributed by atoms with Crippen LogP contribution in [0.2, 0.25) is 0 Å². The van der Waals surface area contributed by atoms with E-state index in [-0.39, 0.29) is 5.99 Å². The number of para-hydroxylation sites is 4. The van der Waals surface area contributed by atoms with Gasteiger partial charge in [-0.25, -0.2) is 0 Å². The van der Waals surface area contributed by atoms with Gasteiger partial charge in [0.15, 0.2) is 0 Å². The van der Waals surface area contributed by atoms with Gasteiger partial charge in [-0.1, -0.05) is 97.1 Å². The SMILES string of the molecule is c1ccc2c(c1)SB1c3ccc(-n4c5ccccc5c5ccccc54)cc3Oc3cc(-n4c5ccccc5c5ccccc54)cc-2c31. The highest BCUT2D eigenvalue weighted by Gasteiger charge is 2.39. The van der Waals surface area contributed by atoms with Crippen molar-refractivity contribution in [1.82, 2.24) is 9.13 Å². The van der Waals surface area contributed by atoms with Crippen molar-refractivity contribution in [3.05, 3.63) is 152 Å². The van der Waals surface area contributed by atoms with E-state index in [2.05, 4.69) is 161 Å². The molecule has 0 unspecified atom stereocenters. The number of fused-ring (bicyclic) bond motifs is 10. The molecule has 0 spiro atoms. The molecule has 2 aliphatic rings. The van der Waals surface area contributed by atoms with E-state index < -0.39 is 0 Å². The van der Waals surface area contributed by atoms with Gasteiger partial charge in [0, 0.05) is 44.3 Å². The summed E-state index contributed by atoms with van der Waals surface area (Å²) >= 11 is 1.93. The number of ether oxygens (including phenoxy) is 1. The Hall–Kier alpha value is -5.65. The average molecular weight is 617 g/mol. The van der Waals surface area contributed by atoms with Crippen LogP contribution in [0.1, 0.15) is 0 Å². The van der Waals surface area contributed by atoms with Crippen molar-refractivity contribution in [3.63, 3.8) is 0 Å². The van der Waals surface area contributed by atoms with Gasteiger partial charge in [0.2, 0.25) is 0 Å². The van der Waals surface area contributed by atoms with E-state index in [9.17, 15) is 0 Å². The molecule has 0 N–H and O–H groups in total. The van der Waals surface area contributed by atoms with Crippen molar-refractivity contribution < 1.29 is 4.74 Å². The molecule has 0 saturated heterocycles. The van der Waals surface area contributed by atoms with Crippen molar-refractivity contribution >= 4 is 72.1 Å². The normalized spacial score (nSPS) is 13.1. The third-order valence-electron chi connectivity index (χ3n) is 9.99. The minimum atomic E-state index is 0.137. The fourth-order valence-corrected chi connectivity index (χ4v) is 9.40. The van der Waals surface area contributed by atoms with E-state index in [0.29, 0.717) is 0 Å². The standard InChI is InChI=1S/C42H25BN2OS/c1-6-16-35-28(11-1)29-12-2-7-17-36(29)44(35)26-21-22-34-39(24-26)46-40-25-27(23-33-32-15-5-10-20-41(32)47-43(34)42(33)40)45-37-18-8-3-13-30(37)31-14-4-9-19-38(31)45/h1-25H. The maximum Gasteiger partial charge on any atom is 0.289 e. The predicted octanol–water partition coefficient (Wildman–Crippen LogP) is 9.86. The minimum absolute atomic E-state index is 0.137. The highest BCUT2D eigenvalue weighted by atomic mass is 32.2. The Balaban J connectivity index is 1.16. The third-order valence-corrected chi connectivity index (χ3v) is 11.3. The number of aromatic nitrogens is 2. The van der Waals surface area contributed by atoms with Crippen LogP contribution in [-0.2, 0) is 0 Å². The molecule has 4 heterocycles. The Kier molecular flexibility index (Phi) is 5.13. The number of hydrogen-bond acceptors (Lipinski definition) is 2. The molecule has 5 heteroatoms. The molecule has 218 valence electrons. The first kappa shape index (κ1) is 25.5. The first-order chi connectivity index (χ1) is 23.3. The molecule has 7 aromatic carbocycles. The van der Waals surface area contributed by atoms with Crippen LogP contribution in [0.15, 0.2) is 157 Å². The molecule has 9 aromatic rings. The Bertz CT molecular complexity index is 2670. The van der Waals surface area contributed by atoms with Crippen molar-refractivity contribution in [2.24, 2.45) is 0 Å². The lowest BCUT2D eigenvalue weighted by Crippen LogP contribution is -2.46. The second-order valence-electron chi connectivity index (χ2n) is 12.5. The second kappa shape index (κ2) is 9.44. The fraction of sp³-hybridized carbons (Fsp3) is 0. The summed E-state index contributed by atoms with van der Waals surface area (Å²) < 4.78 is 11.8. The second-order valence-corrected chi connectivity index (χ2v) is 13.6. The summed E-state index contributed by atoms with van der Waals surface area (Å²) in [5, 5.41) is 5.02. The van der Waals surface area contributed by atoms with Crippen LogP contribution in [-0.4, -0.2) is 15.1 Å². The van der Waals surface area contributed by atoms with E-state index in [1.165, 1.54) is 70.6 Å². The summed E-state index contributed by atoms with van der Waals surface area (Å²) in [5.41, 5.74) is 12.0. The maximum atomic E-state index is 7.02. The third kappa shape index (κ3) is 3.49. The minimum Gasteiger partial charge on any atom is -0.458 e. The van der Waals surface area contributed by atoms with E-state index in [4.69, 9.17) is 4.74 Å². The van der Waals surface area contributed by atoms with Gasteiger partial charge in [0.05, 0.1) is 27.8 Å². The smallest absolute Gasteiger partial charge is 0.289 e. The molecule has 0 fully saturated rings. The van der Waals surface area contributed by atoms with Crippen LogP contribution in [0.5, 0.6) is 11.5 Å². The van der Waals surface area contributed by atoms with Crippen molar-refractivity contribution in [2.45, 2.75) is 4.90 Å². The number of nitrogens with zero attached hydrogens (tertiary/aromatic N) is 2. The largest absolute Gasteiger partial charge is 0.458 e. The van der Waals surface area contributed by atoms with Gasteiger partial charge in [-0.2, -0.15) is 11.6 Å². The first-order valence-corrected chi connectivity index (χ1v) is 16.9. The Morgan fingerprint density at radius 3 is 1.57 bits per heavy atom. The van der Waals surface area contributed by atoms with Crippen molar-refractivity contribution in [1.29, 1.82) is 0 Å². The first-order valence-electron chi connectivity index (χ1n) is 16.0.